The number of fused-ring (bicyclic) bond motifs is 2. The lowest BCUT2D eigenvalue weighted by molar-refractivity contribution is 0.0699. The van der Waals surface area contributed by atoms with Crippen molar-refractivity contribution >= 4 is 50.0 Å². The quantitative estimate of drug-likeness (QED) is 0.266. The minimum atomic E-state index is -3.03. The highest BCUT2D eigenvalue weighted by molar-refractivity contribution is 7.18. The highest BCUT2D eigenvalue weighted by atomic mass is 35.5. The number of carboxylic acid groups (broad SMARTS) is 1. The predicted octanol–water partition coefficient (Wildman–Crippen LogP) is 5.91. The maximum Gasteiger partial charge on any atom is 0.338 e. The van der Waals surface area contributed by atoms with Gasteiger partial charge in [-0.3, -0.25) is 14.3 Å². The molecule has 12 heteroatoms. The molecule has 0 unspecified atom stereocenters. The molecule has 0 bridgehead atoms. The highest BCUT2D eigenvalue weighted by Gasteiger charge is 2.21. The van der Waals surface area contributed by atoms with E-state index >= 15 is 0 Å². The van der Waals surface area contributed by atoms with Crippen molar-refractivity contribution in [3.8, 4) is 22.9 Å². The molecule has 2 aromatic carbocycles. The molecule has 5 aromatic rings. The maximum absolute atomic E-state index is 13.8. The van der Waals surface area contributed by atoms with Crippen molar-refractivity contribution in [1.29, 1.82) is 5.26 Å². The van der Waals surface area contributed by atoms with Crippen LogP contribution >= 0.6 is 22.9 Å². The number of hydrogen-bond donors (Lipinski definition) is 1. The van der Waals surface area contributed by atoms with Crippen LogP contribution in [0.5, 0.6) is 5.75 Å². The zero-order chi connectivity index (χ0) is 27.0. The lowest BCUT2D eigenvalue weighted by Crippen LogP contribution is -2.28. The monoisotopic (exact) mass is 552 g/mol. The van der Waals surface area contributed by atoms with E-state index in [1.807, 2.05) is 6.07 Å². The molecule has 0 aliphatic heterocycles. The zero-order valence-electron chi connectivity index (χ0n) is 19.2. The van der Waals surface area contributed by atoms with Crippen molar-refractivity contribution in [2.75, 3.05) is 6.61 Å². The van der Waals surface area contributed by atoms with Crippen LogP contribution in [0.25, 0.3) is 32.2 Å². The minimum Gasteiger partial charge on any atom is -0.491 e. The first kappa shape index (κ1) is 25.3. The van der Waals surface area contributed by atoms with Crippen LogP contribution in [0, 0.1) is 11.3 Å². The first-order valence-corrected chi connectivity index (χ1v) is 12.3. The molecule has 0 saturated carbocycles. The van der Waals surface area contributed by atoms with Crippen LogP contribution in [0.1, 0.15) is 28.2 Å². The second-order valence-electron chi connectivity index (χ2n) is 8.02. The van der Waals surface area contributed by atoms with Crippen LogP contribution in [-0.4, -0.2) is 32.2 Å². The molecule has 0 radical (unpaired) electrons. The van der Waals surface area contributed by atoms with Crippen LogP contribution in [0.3, 0.4) is 0 Å². The Hall–Kier alpha value is -4.40. The van der Waals surface area contributed by atoms with E-state index in [0.717, 1.165) is 4.57 Å². The van der Waals surface area contributed by atoms with Crippen LogP contribution in [0.15, 0.2) is 58.8 Å². The number of rotatable bonds is 7. The summed E-state index contributed by atoms with van der Waals surface area (Å²) in [6.07, 6.45) is -1.56. The third-order valence-corrected chi connectivity index (χ3v) is 7.06. The van der Waals surface area contributed by atoms with Gasteiger partial charge in [-0.2, -0.15) is 5.26 Å². The number of carbonyl (C=O) groups is 1. The van der Waals surface area contributed by atoms with Gasteiger partial charge in [0.2, 0.25) is 0 Å². The summed E-state index contributed by atoms with van der Waals surface area (Å²) in [6, 6.07) is 12.7. The summed E-state index contributed by atoms with van der Waals surface area (Å²) in [6.45, 7) is -0.452. The van der Waals surface area contributed by atoms with Crippen molar-refractivity contribution in [1.82, 2.24) is 14.5 Å². The predicted molar refractivity (Wildman–Crippen MR) is 138 cm³/mol. The number of benzene rings is 2. The summed E-state index contributed by atoms with van der Waals surface area (Å²) in [5.41, 5.74) is 0.826. The van der Waals surface area contributed by atoms with Crippen molar-refractivity contribution in [3.05, 3.63) is 86.4 Å². The fourth-order valence-electron chi connectivity index (χ4n) is 4.14. The van der Waals surface area contributed by atoms with Crippen LogP contribution < -0.4 is 10.3 Å². The lowest BCUT2D eigenvalue weighted by atomic mass is 10.0. The molecular weight excluding hydrogens is 538 g/mol. The SMILES string of the molecule is N#Cc1cccc2nc(C(F)F)n(CCOc3ccc(Cl)cc3-c3ccnc4c(C(=O)O)csc34)c(=O)c12. The van der Waals surface area contributed by atoms with Gasteiger partial charge in [-0.25, -0.2) is 18.6 Å². The molecule has 0 atom stereocenters. The van der Waals surface area contributed by atoms with E-state index in [1.54, 1.807) is 24.3 Å². The van der Waals surface area contributed by atoms with Gasteiger partial charge in [0.05, 0.1) is 38.8 Å². The van der Waals surface area contributed by atoms with Crippen molar-refractivity contribution in [2.24, 2.45) is 0 Å². The maximum atomic E-state index is 13.8. The number of hydrogen-bond acceptors (Lipinski definition) is 7. The standard InChI is InChI=1S/C26H15ClF2N4O4S/c27-14-4-5-19(16(10-14)15-6-7-31-21-17(26(35)36)12-38-22(15)21)37-9-8-33-24(23(28)29)32-18-3-1-2-13(11-30)20(18)25(33)34/h1-7,10,12,23H,8-9H2,(H,35,36). The molecule has 190 valence electrons. The third-order valence-electron chi connectivity index (χ3n) is 5.82. The molecule has 1 N–H and O–H groups in total. The van der Waals surface area contributed by atoms with Crippen LogP contribution in [-0.2, 0) is 6.54 Å². The average molecular weight is 553 g/mol. The zero-order valence-corrected chi connectivity index (χ0v) is 20.8. The number of aromatic nitrogens is 3. The molecule has 3 aromatic heterocycles. The fraction of sp³-hybridized carbons (Fsp3) is 0.115. The Morgan fingerprint density at radius 3 is 2.79 bits per heavy atom. The smallest absolute Gasteiger partial charge is 0.338 e. The molecule has 5 rings (SSSR count). The van der Waals surface area contributed by atoms with Gasteiger partial charge in [0, 0.05) is 27.7 Å². The molecule has 3 heterocycles. The summed E-state index contributed by atoms with van der Waals surface area (Å²) < 4.78 is 35.0. The molecule has 8 nitrogen and oxygen atoms in total. The van der Waals surface area contributed by atoms with Gasteiger partial charge in [0.15, 0.2) is 5.82 Å². The number of thiophene rings is 1. The topological polar surface area (TPSA) is 118 Å². The molecule has 38 heavy (non-hydrogen) atoms. The summed E-state index contributed by atoms with van der Waals surface area (Å²) in [5.74, 6) is -1.49. The van der Waals surface area contributed by atoms with Crippen molar-refractivity contribution < 1.29 is 23.4 Å². The molecule has 0 amide bonds. The summed E-state index contributed by atoms with van der Waals surface area (Å²) >= 11 is 7.44. The fourth-order valence-corrected chi connectivity index (χ4v) is 5.34. The van der Waals surface area contributed by atoms with E-state index in [1.165, 1.54) is 41.1 Å². The highest BCUT2D eigenvalue weighted by Crippen LogP contribution is 2.39. The number of nitriles is 1. The summed E-state index contributed by atoms with van der Waals surface area (Å²) in [5, 5.41) is 20.7. The van der Waals surface area contributed by atoms with Gasteiger partial charge in [-0.1, -0.05) is 17.7 Å². The first-order valence-electron chi connectivity index (χ1n) is 11.0. The molecule has 0 aliphatic carbocycles. The summed E-state index contributed by atoms with van der Waals surface area (Å²) in [4.78, 5) is 32.8. The van der Waals surface area contributed by atoms with E-state index in [9.17, 15) is 28.7 Å². The average Bonchev–Trinajstić information content (AvgIpc) is 3.35. The number of halogens is 3. The van der Waals surface area contributed by atoms with E-state index < -0.39 is 23.8 Å². The number of pyridine rings is 1. The van der Waals surface area contributed by atoms with Gasteiger partial charge in [-0.15, -0.1) is 11.3 Å². The van der Waals surface area contributed by atoms with E-state index in [-0.39, 0.29) is 35.2 Å². The Kier molecular flexibility index (Phi) is 6.75. The first-order chi connectivity index (χ1) is 18.3. The van der Waals surface area contributed by atoms with Gasteiger partial charge in [0.1, 0.15) is 18.4 Å². The van der Waals surface area contributed by atoms with Gasteiger partial charge in [0.25, 0.3) is 12.0 Å². The molecule has 0 saturated heterocycles. The Balaban J connectivity index is 1.52. The number of nitrogens with zero attached hydrogens (tertiary/aromatic N) is 4. The van der Waals surface area contributed by atoms with E-state index in [4.69, 9.17) is 16.3 Å². The van der Waals surface area contributed by atoms with Crippen LogP contribution in [0.4, 0.5) is 8.78 Å². The van der Waals surface area contributed by atoms with Crippen molar-refractivity contribution in [3.63, 3.8) is 0 Å². The van der Waals surface area contributed by atoms with Gasteiger partial charge < -0.3 is 9.84 Å². The Labute approximate surface area is 222 Å². The molecule has 0 spiro atoms. The minimum absolute atomic E-state index is 0.0138. The van der Waals surface area contributed by atoms with Gasteiger partial charge >= 0.3 is 5.97 Å². The molecular formula is C26H15ClF2N4O4S. The third kappa shape index (κ3) is 4.44. The summed E-state index contributed by atoms with van der Waals surface area (Å²) in [7, 11) is 0. The second-order valence-corrected chi connectivity index (χ2v) is 9.33. The van der Waals surface area contributed by atoms with E-state index in [2.05, 4.69) is 9.97 Å². The van der Waals surface area contributed by atoms with Crippen LogP contribution in [0.2, 0.25) is 5.02 Å². The normalized spacial score (nSPS) is 11.2. The molecule has 0 fully saturated rings. The second kappa shape index (κ2) is 10.2. The van der Waals surface area contributed by atoms with Crippen molar-refractivity contribution in [2.45, 2.75) is 13.0 Å². The Morgan fingerprint density at radius 2 is 2.05 bits per heavy atom. The molecule has 0 aliphatic rings. The number of ether oxygens (including phenoxy) is 1. The number of aromatic carboxylic acids is 1. The Morgan fingerprint density at radius 1 is 1.24 bits per heavy atom. The van der Waals surface area contributed by atoms with Gasteiger partial charge in [-0.05, 0) is 36.4 Å². The Bertz CT molecular complexity index is 1830. The lowest BCUT2D eigenvalue weighted by Gasteiger charge is -2.16. The number of alkyl halides is 2. The number of carboxylic acids is 1. The largest absolute Gasteiger partial charge is 0.491 e. The van der Waals surface area contributed by atoms with E-state index in [0.29, 0.717) is 32.1 Å².